The Balaban J connectivity index is 1.21. The monoisotopic (exact) mass is 1410 g/mol. The molecule has 102 heavy (non-hydrogen) atoms. The molecule has 0 amide bonds. The second-order valence-corrected chi connectivity index (χ2v) is 26.0. The van der Waals surface area contributed by atoms with E-state index in [9.17, 15) is 29.8 Å². The molecule has 20 nitrogen and oxygen atoms in total. The number of esters is 2. The maximum Gasteiger partial charge on any atom is 0.324 e. The molecule has 0 aliphatic carbocycles. The number of nitro benzene ring substituents is 2. The Morgan fingerprint density at radius 1 is 0.265 bits per heavy atom. The van der Waals surface area contributed by atoms with Gasteiger partial charge in [0.05, 0.1) is 86.7 Å². The van der Waals surface area contributed by atoms with Gasteiger partial charge in [0.2, 0.25) is 0 Å². The lowest BCUT2D eigenvalue weighted by Crippen LogP contribution is -2.13. The fourth-order valence-corrected chi connectivity index (χ4v) is 12.0. The molecule has 0 aliphatic heterocycles. The summed E-state index contributed by atoms with van der Waals surface area (Å²) < 4.78 is 76.9. The number of benzene rings is 8. The Kier molecular flexibility index (Phi) is 31.4. The molecule has 8 rings (SSSR count). The van der Waals surface area contributed by atoms with E-state index in [-0.39, 0.29) is 72.7 Å². The van der Waals surface area contributed by atoms with Gasteiger partial charge in [0, 0.05) is 34.4 Å². The number of carbonyl (C=O) groups is 2. The van der Waals surface area contributed by atoms with E-state index in [1.807, 2.05) is 50.2 Å². The van der Waals surface area contributed by atoms with Gasteiger partial charge >= 0.3 is 23.3 Å². The molecule has 0 fully saturated rings. The van der Waals surface area contributed by atoms with Crippen molar-refractivity contribution in [3.05, 3.63) is 80.9 Å². The first-order chi connectivity index (χ1) is 49.7. The second-order valence-electron chi connectivity index (χ2n) is 26.0. The van der Waals surface area contributed by atoms with E-state index in [2.05, 4.69) is 55.4 Å². The van der Waals surface area contributed by atoms with Crippen molar-refractivity contribution in [1.29, 1.82) is 0 Å². The number of nitro groups is 2. The van der Waals surface area contributed by atoms with Gasteiger partial charge in [-0.3, -0.25) is 29.8 Å². The van der Waals surface area contributed by atoms with Crippen LogP contribution in [0.4, 0.5) is 11.4 Å². The van der Waals surface area contributed by atoms with Crippen LogP contribution in [0.15, 0.2) is 60.7 Å². The van der Waals surface area contributed by atoms with Crippen LogP contribution in [0.3, 0.4) is 0 Å². The first-order valence-electron chi connectivity index (χ1n) is 37.9. The van der Waals surface area contributed by atoms with E-state index in [0.717, 1.165) is 126 Å². The SMILES string of the molecule is CCCCOc1cc2c3cc(OCCCC)c(OCCCC)cc3c3c([N+](=O)[O-])c(OC(=O)CCCCC(=O)Oc4c(OCCCC)cc5c6cc(OCCCC)c(OCCCC)cc6c6cc(OCCCC)c(OCCCC)cc6c5c4[N+](=O)[O-])c(OCCCC)cc3c2cc1OCCCC. The molecule has 0 spiro atoms. The summed E-state index contributed by atoms with van der Waals surface area (Å²) in [5, 5.41) is 34.2. The summed E-state index contributed by atoms with van der Waals surface area (Å²) in [5.74, 6) is 1.42. The Bertz CT molecular complexity index is 3770. The molecule has 20 heteroatoms. The van der Waals surface area contributed by atoms with Crippen LogP contribution < -0.4 is 56.8 Å². The standard InChI is InChI=1S/C82H108N2O18/c1-11-21-35-91-65-45-55-57-47-69(95-39-25-15-5)71(97-41-27-17-7)51-61(57)77-63(59(55)49-67(65)93-37-23-13-3)53-73(99-43-29-19-9)81(79(77)83(87)88)101-75(85)33-31-32-34-76(86)102-82-74(100-44-30-20-10)54-64-60-50-68(94-38-24-14-4)66(92-36-22-12-2)46-56(60)58-48-70(96-40-26-16-6)72(98-42-28-18-8)52-62(58)78(64)80(82)84(89)90/h45-54H,11-44H2,1-10H3. The quantitative estimate of drug-likeness (QED) is 0.00861. The minimum absolute atomic E-state index is 0.00600. The molecular formula is C82H108N2O18. The highest BCUT2D eigenvalue weighted by Crippen LogP contribution is 2.55. The van der Waals surface area contributed by atoms with E-state index in [1.54, 1.807) is 24.3 Å². The molecule has 0 saturated heterocycles. The summed E-state index contributed by atoms with van der Waals surface area (Å²) in [4.78, 5) is 56.0. The van der Waals surface area contributed by atoms with Crippen LogP contribution in [0.25, 0.3) is 64.6 Å². The van der Waals surface area contributed by atoms with E-state index >= 15 is 0 Å². The zero-order valence-corrected chi connectivity index (χ0v) is 62.1. The molecule has 0 bridgehead atoms. The minimum Gasteiger partial charge on any atom is -0.490 e. The van der Waals surface area contributed by atoms with Crippen molar-refractivity contribution in [3.8, 4) is 69.0 Å². The highest BCUT2D eigenvalue weighted by Gasteiger charge is 2.34. The van der Waals surface area contributed by atoms with Gasteiger partial charge in [-0.15, -0.1) is 0 Å². The zero-order chi connectivity index (χ0) is 72.9. The fraction of sp³-hybridized carbons (Fsp3) is 0.537. The third-order valence-corrected chi connectivity index (χ3v) is 17.8. The number of fused-ring (bicyclic) bond motifs is 12. The van der Waals surface area contributed by atoms with E-state index < -0.39 is 33.2 Å². The number of nitrogens with zero attached hydrogens (tertiary/aromatic N) is 2. The molecule has 0 atom stereocenters. The average molecular weight is 1410 g/mol. The fourth-order valence-electron chi connectivity index (χ4n) is 12.0. The lowest BCUT2D eigenvalue weighted by atomic mass is 9.92. The first-order valence-corrected chi connectivity index (χ1v) is 37.9. The van der Waals surface area contributed by atoms with E-state index in [1.165, 1.54) is 0 Å². The molecule has 554 valence electrons. The second kappa shape index (κ2) is 40.6. The summed E-state index contributed by atoms with van der Waals surface area (Å²) in [6.07, 6.45) is 15.6. The zero-order valence-electron chi connectivity index (χ0n) is 62.1. The van der Waals surface area contributed by atoms with Gasteiger partial charge in [-0.2, -0.15) is 0 Å². The maximum absolute atomic E-state index is 14.5. The lowest BCUT2D eigenvalue weighted by Gasteiger charge is -2.20. The molecule has 0 saturated carbocycles. The van der Waals surface area contributed by atoms with Gasteiger partial charge in [0.15, 0.2) is 57.5 Å². The molecule has 0 radical (unpaired) electrons. The highest BCUT2D eigenvalue weighted by atomic mass is 16.6. The normalized spacial score (nSPS) is 11.4. The van der Waals surface area contributed by atoms with Gasteiger partial charge < -0.3 is 56.8 Å². The van der Waals surface area contributed by atoms with Gasteiger partial charge in [-0.05, 0) is 170 Å². The van der Waals surface area contributed by atoms with E-state index in [0.29, 0.717) is 155 Å². The number of carbonyl (C=O) groups excluding carboxylic acids is 2. The van der Waals surface area contributed by atoms with Crippen LogP contribution in [0.1, 0.15) is 223 Å². The predicted octanol–water partition coefficient (Wildman–Crippen LogP) is 22.3. The van der Waals surface area contributed by atoms with Crippen LogP contribution in [-0.4, -0.2) is 87.9 Å². The number of rotatable bonds is 49. The summed E-state index contributed by atoms with van der Waals surface area (Å²) in [7, 11) is 0. The highest BCUT2D eigenvalue weighted by molar-refractivity contribution is 6.31. The molecule has 0 N–H and O–H groups in total. The van der Waals surface area contributed by atoms with Gasteiger partial charge in [0.25, 0.3) is 11.5 Å². The molecule has 0 aliphatic rings. The smallest absolute Gasteiger partial charge is 0.324 e. The Morgan fingerprint density at radius 2 is 0.431 bits per heavy atom. The van der Waals surface area contributed by atoms with Crippen molar-refractivity contribution in [2.75, 3.05) is 66.1 Å². The average Bonchev–Trinajstić information content (AvgIpc) is 0.722. The number of ether oxygens (including phenoxy) is 12. The van der Waals surface area contributed by atoms with Crippen molar-refractivity contribution in [3.63, 3.8) is 0 Å². The van der Waals surface area contributed by atoms with Crippen molar-refractivity contribution in [1.82, 2.24) is 0 Å². The van der Waals surface area contributed by atoms with Crippen molar-refractivity contribution < 1.29 is 76.3 Å². The molecular weight excluding hydrogens is 1300 g/mol. The molecule has 8 aromatic carbocycles. The summed E-state index contributed by atoms with van der Waals surface area (Å²) in [6, 6.07) is 18.3. The van der Waals surface area contributed by atoms with Crippen molar-refractivity contribution in [2.45, 2.75) is 223 Å². The van der Waals surface area contributed by atoms with Gasteiger partial charge in [0.1, 0.15) is 0 Å². The summed E-state index contributed by atoms with van der Waals surface area (Å²) >= 11 is 0. The number of hydrogen-bond acceptors (Lipinski definition) is 18. The lowest BCUT2D eigenvalue weighted by molar-refractivity contribution is -0.384. The minimum atomic E-state index is -0.821. The maximum atomic E-state index is 14.5. The first kappa shape index (κ1) is 78.8. The third-order valence-electron chi connectivity index (χ3n) is 17.8. The topological polar surface area (TPSA) is 231 Å². The molecule has 0 aromatic heterocycles. The van der Waals surface area contributed by atoms with Crippen LogP contribution in [0.5, 0.6) is 69.0 Å². The van der Waals surface area contributed by atoms with Crippen LogP contribution >= 0.6 is 0 Å². The largest absolute Gasteiger partial charge is 0.490 e. The van der Waals surface area contributed by atoms with E-state index in [4.69, 9.17) is 56.8 Å². The van der Waals surface area contributed by atoms with Crippen molar-refractivity contribution >= 4 is 87.9 Å². The number of hydrogen-bond donors (Lipinski definition) is 0. The Morgan fingerprint density at radius 3 is 0.618 bits per heavy atom. The summed E-state index contributed by atoms with van der Waals surface area (Å²) in [5.41, 5.74) is -0.979. The van der Waals surface area contributed by atoms with Crippen LogP contribution in [0, 0.1) is 20.2 Å². The summed E-state index contributed by atoms with van der Waals surface area (Å²) in [6.45, 7) is 24.2. The van der Waals surface area contributed by atoms with Crippen LogP contribution in [0.2, 0.25) is 0 Å². The third kappa shape index (κ3) is 20.0. The van der Waals surface area contributed by atoms with Crippen LogP contribution in [-0.2, 0) is 9.59 Å². The Labute approximate surface area is 600 Å². The molecule has 0 unspecified atom stereocenters. The molecule has 0 heterocycles. The number of unbranched alkanes of at least 4 members (excludes halogenated alkanes) is 11. The molecule has 8 aromatic rings. The Hall–Kier alpha value is -8.94. The van der Waals surface area contributed by atoms with Crippen molar-refractivity contribution in [2.24, 2.45) is 0 Å². The van der Waals surface area contributed by atoms with Gasteiger partial charge in [-0.25, -0.2) is 0 Å². The van der Waals surface area contributed by atoms with Gasteiger partial charge in [-0.1, -0.05) is 133 Å². The predicted molar refractivity (Wildman–Crippen MR) is 405 cm³/mol.